The van der Waals surface area contributed by atoms with Crippen LogP contribution >= 0.6 is 0 Å². The van der Waals surface area contributed by atoms with E-state index in [1.165, 1.54) is 0 Å². The number of fused-ring (bicyclic) bond motifs is 7. The molecule has 0 aromatic heterocycles. The van der Waals surface area contributed by atoms with Gasteiger partial charge >= 0.3 is 0 Å². The van der Waals surface area contributed by atoms with Gasteiger partial charge in [-0.05, 0) is 59.2 Å². The smallest absolute Gasteiger partial charge is 0.238 e. The number of ketones is 2. The molecule has 8 heteroatoms. The third kappa shape index (κ3) is 3.88. The molecule has 1 N–H and O–H groups in total. The maximum absolute atomic E-state index is 15.1. The van der Waals surface area contributed by atoms with Gasteiger partial charge in [-0.3, -0.25) is 14.4 Å². The van der Waals surface area contributed by atoms with Gasteiger partial charge in [-0.1, -0.05) is 67.3 Å². The zero-order chi connectivity index (χ0) is 30.7. The highest BCUT2D eigenvalue weighted by Crippen LogP contribution is 2.62. The van der Waals surface area contributed by atoms with Crippen molar-refractivity contribution in [1.82, 2.24) is 4.90 Å². The number of benzene rings is 4. The van der Waals surface area contributed by atoms with Gasteiger partial charge < -0.3 is 24.4 Å². The molecular formula is C37H28N2O6. The SMILES string of the molecule is C=CCOc1cccc(C(=O)[C@@H]2[C@@H](C(=O)c3ccc4c(c3)OCO4)N3C=Cc4ccccc4[C@@H]3[C@]23C(=O)Nc2ccccc23)c1. The van der Waals surface area contributed by atoms with Crippen LogP contribution in [0.15, 0.2) is 110 Å². The number of carbonyl (C=O) groups excluding carboxylic acids is 3. The second-order valence-electron chi connectivity index (χ2n) is 11.5. The van der Waals surface area contributed by atoms with Crippen LogP contribution in [-0.2, 0) is 10.2 Å². The number of hydrogen-bond acceptors (Lipinski definition) is 7. The quantitative estimate of drug-likeness (QED) is 0.208. The number of anilines is 1. The summed E-state index contributed by atoms with van der Waals surface area (Å²) < 4.78 is 16.9. The van der Waals surface area contributed by atoms with Crippen molar-refractivity contribution in [3.8, 4) is 17.2 Å². The van der Waals surface area contributed by atoms with Gasteiger partial charge in [-0.15, -0.1) is 0 Å². The molecule has 0 radical (unpaired) electrons. The summed E-state index contributed by atoms with van der Waals surface area (Å²) in [5.41, 5.74) is 2.40. The molecule has 4 aliphatic rings. The molecule has 0 bridgehead atoms. The lowest BCUT2D eigenvalue weighted by molar-refractivity contribution is -0.122. The van der Waals surface area contributed by atoms with Crippen LogP contribution < -0.4 is 19.5 Å². The van der Waals surface area contributed by atoms with Crippen LogP contribution in [0.2, 0.25) is 0 Å². The molecule has 4 aliphatic heterocycles. The predicted octanol–water partition coefficient (Wildman–Crippen LogP) is 5.96. The number of amides is 1. The Labute approximate surface area is 259 Å². The van der Waals surface area contributed by atoms with Crippen molar-refractivity contribution < 1.29 is 28.6 Å². The minimum absolute atomic E-state index is 0.0650. The van der Waals surface area contributed by atoms with Gasteiger partial charge in [-0.2, -0.15) is 0 Å². The van der Waals surface area contributed by atoms with Gasteiger partial charge in [0.2, 0.25) is 12.7 Å². The molecule has 222 valence electrons. The number of nitrogens with one attached hydrogen (secondary N) is 1. The Morgan fingerprint density at radius 2 is 1.73 bits per heavy atom. The summed E-state index contributed by atoms with van der Waals surface area (Å²) in [7, 11) is 0. The normalized spacial score (nSPS) is 23.2. The summed E-state index contributed by atoms with van der Waals surface area (Å²) in [5, 5.41) is 3.08. The van der Waals surface area contributed by atoms with Crippen LogP contribution in [-0.4, -0.2) is 41.8 Å². The molecule has 45 heavy (non-hydrogen) atoms. The summed E-state index contributed by atoms with van der Waals surface area (Å²) in [5.74, 6) is -0.544. The third-order valence-electron chi connectivity index (χ3n) is 9.27. The van der Waals surface area contributed by atoms with E-state index in [2.05, 4.69) is 11.9 Å². The van der Waals surface area contributed by atoms with Crippen molar-refractivity contribution >= 4 is 29.2 Å². The number of rotatable bonds is 7. The molecule has 1 amide bonds. The number of ether oxygens (including phenoxy) is 3. The summed E-state index contributed by atoms with van der Waals surface area (Å²) in [4.78, 5) is 46.5. The molecular weight excluding hydrogens is 568 g/mol. The molecule has 4 atom stereocenters. The van der Waals surface area contributed by atoms with E-state index in [1.54, 1.807) is 48.5 Å². The van der Waals surface area contributed by atoms with Gasteiger partial charge in [0.1, 0.15) is 23.8 Å². The van der Waals surface area contributed by atoms with Crippen LogP contribution in [0.3, 0.4) is 0 Å². The Morgan fingerprint density at radius 1 is 0.933 bits per heavy atom. The fourth-order valence-electron chi connectivity index (χ4n) is 7.46. The van der Waals surface area contributed by atoms with Crippen molar-refractivity contribution in [2.45, 2.75) is 17.5 Å². The molecule has 4 heterocycles. The molecule has 1 saturated heterocycles. The van der Waals surface area contributed by atoms with E-state index >= 15 is 4.79 Å². The van der Waals surface area contributed by atoms with Crippen molar-refractivity contribution in [2.24, 2.45) is 5.92 Å². The Bertz CT molecular complexity index is 1950. The Hall–Kier alpha value is -5.63. The van der Waals surface area contributed by atoms with Gasteiger partial charge in [0.05, 0.1) is 12.0 Å². The standard InChI is InChI=1S/C37H28N2O6/c1-2-18-43-25-10-7-9-23(19-25)33(40)31-32(34(41)24-14-15-29-30(20-24)45-21-44-29)39-17-16-22-8-3-4-11-26(22)35(39)37(31)27-12-5-6-13-28(27)38-36(37)42/h2-17,19-20,31-32,35H,1,18,21H2,(H,38,42)/t31-,32-,35+,37+/m0/s1. The van der Waals surface area contributed by atoms with E-state index in [9.17, 15) is 9.59 Å². The maximum atomic E-state index is 15.1. The minimum atomic E-state index is -1.43. The molecule has 1 spiro atoms. The predicted molar refractivity (Wildman–Crippen MR) is 167 cm³/mol. The minimum Gasteiger partial charge on any atom is -0.490 e. The topological polar surface area (TPSA) is 94.2 Å². The lowest BCUT2D eigenvalue weighted by Gasteiger charge is -2.38. The summed E-state index contributed by atoms with van der Waals surface area (Å²) >= 11 is 0. The average Bonchev–Trinajstić information content (AvgIpc) is 3.76. The van der Waals surface area contributed by atoms with E-state index in [0.717, 1.165) is 11.1 Å². The Morgan fingerprint density at radius 3 is 2.62 bits per heavy atom. The monoisotopic (exact) mass is 596 g/mol. The first kappa shape index (κ1) is 27.0. The summed E-state index contributed by atoms with van der Waals surface area (Å²) in [6.45, 7) is 4.04. The fourth-order valence-corrected chi connectivity index (χ4v) is 7.46. The first-order valence-electron chi connectivity index (χ1n) is 14.8. The number of nitrogens with zero attached hydrogens (tertiary/aromatic N) is 1. The zero-order valence-corrected chi connectivity index (χ0v) is 24.1. The summed E-state index contributed by atoms with van der Waals surface area (Å²) in [6, 6.07) is 25.5. The van der Waals surface area contributed by atoms with Crippen LogP contribution in [0.5, 0.6) is 17.2 Å². The molecule has 0 saturated carbocycles. The van der Waals surface area contributed by atoms with Gasteiger partial charge in [0.15, 0.2) is 23.1 Å². The van der Waals surface area contributed by atoms with E-state index in [0.29, 0.717) is 39.6 Å². The highest BCUT2D eigenvalue weighted by Gasteiger charge is 2.70. The van der Waals surface area contributed by atoms with Crippen LogP contribution in [0.4, 0.5) is 5.69 Å². The number of hydrogen-bond donors (Lipinski definition) is 1. The van der Waals surface area contributed by atoms with Crippen LogP contribution in [0.1, 0.15) is 43.4 Å². The van der Waals surface area contributed by atoms with Crippen LogP contribution in [0, 0.1) is 5.92 Å². The molecule has 8 rings (SSSR count). The van der Waals surface area contributed by atoms with E-state index < -0.39 is 23.4 Å². The lowest BCUT2D eigenvalue weighted by atomic mass is 9.62. The Balaban J connectivity index is 1.38. The first-order valence-corrected chi connectivity index (χ1v) is 14.8. The van der Waals surface area contributed by atoms with Gasteiger partial charge in [-0.25, -0.2) is 0 Å². The molecule has 0 aliphatic carbocycles. The van der Waals surface area contributed by atoms with Crippen molar-refractivity contribution in [2.75, 3.05) is 18.7 Å². The van der Waals surface area contributed by atoms with E-state index in [-0.39, 0.29) is 30.9 Å². The number of Topliss-reactive ketones (excluding diaryl/α,β-unsaturated/α-hetero) is 2. The van der Waals surface area contributed by atoms with Crippen LogP contribution in [0.25, 0.3) is 6.08 Å². The molecule has 1 fully saturated rings. The van der Waals surface area contributed by atoms with Crippen molar-refractivity contribution in [3.63, 3.8) is 0 Å². The highest BCUT2D eigenvalue weighted by atomic mass is 16.7. The Kier molecular flexibility index (Phi) is 6.13. The largest absolute Gasteiger partial charge is 0.490 e. The maximum Gasteiger partial charge on any atom is 0.238 e. The zero-order valence-electron chi connectivity index (χ0n) is 24.1. The second kappa shape index (κ2) is 10.2. The number of para-hydroxylation sites is 1. The molecule has 0 unspecified atom stereocenters. The van der Waals surface area contributed by atoms with Gasteiger partial charge in [0.25, 0.3) is 0 Å². The third-order valence-corrected chi connectivity index (χ3v) is 9.27. The average molecular weight is 597 g/mol. The molecule has 4 aromatic rings. The van der Waals surface area contributed by atoms with Crippen molar-refractivity contribution in [1.29, 1.82) is 0 Å². The highest BCUT2D eigenvalue weighted by molar-refractivity contribution is 6.16. The molecule has 8 nitrogen and oxygen atoms in total. The second-order valence-corrected chi connectivity index (χ2v) is 11.5. The molecule has 4 aromatic carbocycles. The fraction of sp³-hybridized carbons (Fsp3) is 0.162. The first-order chi connectivity index (χ1) is 22.0. The van der Waals surface area contributed by atoms with Crippen molar-refractivity contribution in [3.05, 3.63) is 138 Å². The van der Waals surface area contributed by atoms with E-state index in [4.69, 9.17) is 14.2 Å². The number of carbonyl (C=O) groups is 3. The summed E-state index contributed by atoms with van der Waals surface area (Å²) in [6.07, 6.45) is 5.42. The van der Waals surface area contributed by atoms with E-state index in [1.807, 2.05) is 65.7 Å². The van der Waals surface area contributed by atoms with Gasteiger partial charge in [0, 0.05) is 23.0 Å². The lowest BCUT2D eigenvalue weighted by Crippen LogP contribution is -2.49.